The van der Waals surface area contributed by atoms with E-state index in [1.807, 2.05) is 30.3 Å². The largest absolute Gasteiger partial charge is 0.481 e. The Morgan fingerprint density at radius 1 is 1.22 bits per heavy atom. The molecule has 0 bridgehead atoms. The fourth-order valence-corrected chi connectivity index (χ4v) is 3.34. The summed E-state index contributed by atoms with van der Waals surface area (Å²) in [4.78, 5) is 45.7. The van der Waals surface area contributed by atoms with Crippen molar-refractivity contribution in [2.75, 3.05) is 44.2 Å². The molecule has 32 heavy (non-hydrogen) atoms. The molecular formula is C22H22N4O6. The number of anilines is 2. The van der Waals surface area contributed by atoms with E-state index in [1.165, 1.54) is 16.4 Å². The molecule has 0 saturated carbocycles. The third-order valence-corrected chi connectivity index (χ3v) is 5.02. The molecule has 1 amide bonds. The molecule has 0 unspecified atom stereocenters. The molecule has 1 fully saturated rings. The van der Waals surface area contributed by atoms with E-state index >= 15 is 0 Å². The molecule has 3 aromatic rings. The van der Waals surface area contributed by atoms with Crippen LogP contribution >= 0.6 is 0 Å². The van der Waals surface area contributed by atoms with Crippen LogP contribution in [0.5, 0.6) is 5.75 Å². The Labute approximate surface area is 183 Å². The summed E-state index contributed by atoms with van der Waals surface area (Å²) in [6.07, 6.45) is 1.02. The minimum atomic E-state index is -0.820. The number of hydrogen-bond donors (Lipinski definition) is 0. The van der Waals surface area contributed by atoms with Crippen LogP contribution in [0.1, 0.15) is 16.1 Å². The highest BCUT2D eigenvalue weighted by Gasteiger charge is 2.29. The molecule has 4 rings (SSSR count). The number of hydrogen-bond acceptors (Lipinski definition) is 8. The highest BCUT2D eigenvalue weighted by Crippen LogP contribution is 2.29. The van der Waals surface area contributed by atoms with E-state index in [4.69, 9.17) is 14.2 Å². The monoisotopic (exact) mass is 438 g/mol. The van der Waals surface area contributed by atoms with Gasteiger partial charge in [-0.15, -0.1) is 0 Å². The molecule has 0 N–H and O–H groups in total. The summed E-state index contributed by atoms with van der Waals surface area (Å²) in [5, 5.41) is 0. The average Bonchev–Trinajstić information content (AvgIpc) is 3.23. The fourth-order valence-electron chi connectivity index (χ4n) is 3.34. The van der Waals surface area contributed by atoms with Gasteiger partial charge in [0.15, 0.2) is 11.3 Å². The van der Waals surface area contributed by atoms with E-state index in [-0.39, 0.29) is 30.3 Å². The van der Waals surface area contributed by atoms with Crippen LogP contribution in [0, 0.1) is 0 Å². The summed E-state index contributed by atoms with van der Waals surface area (Å²) in [6.45, 7) is 0.567. The van der Waals surface area contributed by atoms with E-state index in [0.29, 0.717) is 17.9 Å². The Morgan fingerprint density at radius 3 is 2.59 bits per heavy atom. The van der Waals surface area contributed by atoms with E-state index in [2.05, 4.69) is 4.98 Å². The normalized spacial score (nSPS) is 13.2. The van der Waals surface area contributed by atoms with Gasteiger partial charge in [0.25, 0.3) is 0 Å². The van der Waals surface area contributed by atoms with Crippen molar-refractivity contribution in [3.05, 3.63) is 64.2 Å². The zero-order valence-electron chi connectivity index (χ0n) is 17.9. The molecule has 10 heteroatoms. The summed E-state index contributed by atoms with van der Waals surface area (Å²) >= 11 is 0. The van der Waals surface area contributed by atoms with Crippen LogP contribution in [0.3, 0.4) is 0 Å². The van der Waals surface area contributed by atoms with Gasteiger partial charge in [0.05, 0.1) is 25.0 Å². The van der Waals surface area contributed by atoms with Crippen molar-refractivity contribution < 1.29 is 23.8 Å². The van der Waals surface area contributed by atoms with Crippen molar-refractivity contribution in [1.29, 1.82) is 0 Å². The number of esters is 1. The first-order valence-corrected chi connectivity index (χ1v) is 9.87. The third-order valence-electron chi connectivity index (χ3n) is 5.02. The molecule has 1 aromatic carbocycles. The first kappa shape index (κ1) is 21.2. The Morgan fingerprint density at radius 2 is 1.97 bits per heavy atom. The van der Waals surface area contributed by atoms with Gasteiger partial charge in [0, 0.05) is 20.3 Å². The average molecular weight is 438 g/mol. The van der Waals surface area contributed by atoms with Gasteiger partial charge in [-0.05, 0) is 11.6 Å². The number of aromatic nitrogens is 2. The van der Waals surface area contributed by atoms with Gasteiger partial charge < -0.3 is 19.1 Å². The summed E-state index contributed by atoms with van der Waals surface area (Å²) in [5.74, 6) is -1.05. The lowest BCUT2D eigenvalue weighted by Gasteiger charge is -2.21. The van der Waals surface area contributed by atoms with Crippen molar-refractivity contribution >= 4 is 29.1 Å². The van der Waals surface area contributed by atoms with Crippen molar-refractivity contribution in [3.63, 3.8) is 0 Å². The minimum absolute atomic E-state index is 0.0620. The number of benzene rings is 1. The number of ether oxygens (including phenoxy) is 3. The van der Waals surface area contributed by atoms with Gasteiger partial charge in [0.2, 0.25) is 5.75 Å². The Kier molecular flexibility index (Phi) is 5.67. The molecule has 2 aromatic heterocycles. The number of pyridine rings is 1. The summed E-state index contributed by atoms with van der Waals surface area (Å²) in [7, 11) is 4.81. The SMILES string of the molecule is COC(=O)c1nc2c(N3CCOC3=O)cc(N(C)C)cn2c(=O)c1OCc1ccccc1. The quantitative estimate of drug-likeness (QED) is 0.539. The van der Waals surface area contributed by atoms with Crippen LogP contribution < -0.4 is 20.1 Å². The van der Waals surface area contributed by atoms with Crippen LogP contribution in [-0.2, 0) is 16.1 Å². The fraction of sp³-hybridized carbons (Fsp3) is 0.273. The Bertz CT molecular complexity index is 1240. The lowest BCUT2D eigenvalue weighted by atomic mass is 10.2. The second-order valence-corrected chi connectivity index (χ2v) is 7.30. The van der Waals surface area contributed by atoms with E-state index in [1.54, 1.807) is 31.3 Å². The second kappa shape index (κ2) is 8.58. The van der Waals surface area contributed by atoms with Crippen LogP contribution in [0.4, 0.5) is 16.2 Å². The van der Waals surface area contributed by atoms with Gasteiger partial charge >= 0.3 is 17.6 Å². The van der Waals surface area contributed by atoms with Crippen molar-refractivity contribution in [2.24, 2.45) is 0 Å². The Hall–Kier alpha value is -4.08. The van der Waals surface area contributed by atoms with E-state index in [9.17, 15) is 14.4 Å². The smallest absolute Gasteiger partial charge is 0.414 e. The maximum Gasteiger partial charge on any atom is 0.414 e. The number of cyclic esters (lactones) is 1. The molecular weight excluding hydrogens is 416 g/mol. The van der Waals surface area contributed by atoms with Gasteiger partial charge in [-0.3, -0.25) is 14.1 Å². The molecule has 0 spiro atoms. The van der Waals surface area contributed by atoms with E-state index in [0.717, 1.165) is 5.56 Å². The topological polar surface area (TPSA) is 103 Å². The van der Waals surface area contributed by atoms with Crippen LogP contribution in [-0.4, -0.2) is 55.8 Å². The predicted octanol–water partition coefficient (Wildman–Crippen LogP) is 2.08. The molecule has 0 atom stereocenters. The summed E-state index contributed by atoms with van der Waals surface area (Å²) in [6, 6.07) is 10.9. The molecule has 1 aliphatic heterocycles. The zero-order valence-corrected chi connectivity index (χ0v) is 17.9. The molecule has 1 saturated heterocycles. The van der Waals surface area contributed by atoms with Crippen LogP contribution in [0.2, 0.25) is 0 Å². The number of nitrogens with zero attached hydrogens (tertiary/aromatic N) is 4. The first-order valence-electron chi connectivity index (χ1n) is 9.87. The van der Waals surface area contributed by atoms with Gasteiger partial charge in [-0.1, -0.05) is 30.3 Å². The van der Waals surface area contributed by atoms with Crippen LogP contribution in [0.25, 0.3) is 5.65 Å². The zero-order chi connectivity index (χ0) is 22.8. The molecule has 10 nitrogen and oxygen atoms in total. The number of carbonyl (C=O) groups is 2. The van der Waals surface area contributed by atoms with Crippen molar-refractivity contribution in [3.8, 4) is 5.75 Å². The minimum Gasteiger partial charge on any atom is -0.481 e. The number of rotatable bonds is 6. The van der Waals surface area contributed by atoms with Crippen molar-refractivity contribution in [2.45, 2.75) is 6.61 Å². The first-order chi connectivity index (χ1) is 15.4. The van der Waals surface area contributed by atoms with Gasteiger partial charge in [0.1, 0.15) is 13.2 Å². The lowest BCUT2D eigenvalue weighted by molar-refractivity contribution is 0.0588. The third kappa shape index (κ3) is 3.82. The molecule has 0 aliphatic carbocycles. The number of amides is 1. The van der Waals surface area contributed by atoms with Crippen LogP contribution in [0.15, 0.2) is 47.4 Å². The highest BCUT2D eigenvalue weighted by atomic mass is 16.6. The number of fused-ring (bicyclic) bond motifs is 1. The maximum absolute atomic E-state index is 13.5. The predicted molar refractivity (Wildman–Crippen MR) is 117 cm³/mol. The summed E-state index contributed by atoms with van der Waals surface area (Å²) < 4.78 is 16.9. The highest BCUT2D eigenvalue weighted by molar-refractivity contribution is 5.96. The van der Waals surface area contributed by atoms with E-state index < -0.39 is 17.6 Å². The standard InChI is InChI=1S/C22H22N4O6/c1-24(2)15-11-16(25-9-10-31-22(25)29)19-23-17(21(28)30-3)18(20(27)26(19)12-15)32-13-14-7-5-4-6-8-14/h4-8,11-12H,9-10,13H2,1-3H3. The van der Waals surface area contributed by atoms with Gasteiger partial charge in [-0.25, -0.2) is 14.6 Å². The Balaban J connectivity index is 1.93. The number of methoxy groups -OCH3 is 1. The lowest BCUT2D eigenvalue weighted by Crippen LogP contribution is -2.29. The van der Waals surface area contributed by atoms with Gasteiger partial charge in [-0.2, -0.15) is 0 Å². The number of carbonyl (C=O) groups excluding carboxylic acids is 2. The second-order valence-electron chi connectivity index (χ2n) is 7.30. The summed E-state index contributed by atoms with van der Waals surface area (Å²) in [5.41, 5.74) is 1.07. The molecule has 166 valence electrons. The molecule has 1 aliphatic rings. The maximum atomic E-state index is 13.5. The molecule has 3 heterocycles. The van der Waals surface area contributed by atoms with Crippen molar-refractivity contribution in [1.82, 2.24) is 9.38 Å². The molecule has 0 radical (unpaired) electrons.